The third-order valence-electron chi connectivity index (χ3n) is 2.50. The summed E-state index contributed by atoms with van der Waals surface area (Å²) in [6.07, 6.45) is 3.37. The average molecular weight is 217 g/mol. The fourth-order valence-electron chi connectivity index (χ4n) is 1.48. The predicted molar refractivity (Wildman–Crippen MR) is 60.5 cm³/mol. The van der Waals surface area contributed by atoms with E-state index in [0.29, 0.717) is 6.54 Å². The van der Waals surface area contributed by atoms with Gasteiger partial charge in [-0.1, -0.05) is 6.07 Å². The Labute approximate surface area is 94.5 Å². The van der Waals surface area contributed by atoms with Gasteiger partial charge in [0.05, 0.1) is 12.2 Å². The van der Waals surface area contributed by atoms with E-state index in [4.69, 9.17) is 0 Å². The fourth-order valence-corrected chi connectivity index (χ4v) is 1.48. The topological polar surface area (TPSA) is 55.6 Å². The van der Waals surface area contributed by atoms with Gasteiger partial charge < -0.3 is 5.32 Å². The Bertz CT molecular complexity index is 463. The molecule has 0 aliphatic rings. The zero-order chi connectivity index (χ0) is 11.4. The molecule has 5 heteroatoms. The van der Waals surface area contributed by atoms with Gasteiger partial charge in [0.2, 0.25) is 0 Å². The number of hydrogen-bond donors (Lipinski definition) is 1. The quantitative estimate of drug-likeness (QED) is 0.823. The number of aromatic nitrogens is 4. The van der Waals surface area contributed by atoms with Crippen molar-refractivity contribution in [2.24, 2.45) is 7.05 Å². The number of rotatable bonds is 4. The van der Waals surface area contributed by atoms with Crippen molar-refractivity contribution in [3.8, 4) is 0 Å². The second-order valence-corrected chi connectivity index (χ2v) is 3.67. The zero-order valence-electron chi connectivity index (χ0n) is 9.51. The lowest BCUT2D eigenvalue weighted by atomic mass is 10.2. The SMILES string of the molecule is Cc1cccnc1CNCc1ncnn1C. The van der Waals surface area contributed by atoms with Crippen molar-refractivity contribution in [1.29, 1.82) is 0 Å². The first kappa shape index (κ1) is 10.8. The second kappa shape index (κ2) is 4.85. The molecule has 5 nitrogen and oxygen atoms in total. The highest BCUT2D eigenvalue weighted by atomic mass is 15.3. The zero-order valence-corrected chi connectivity index (χ0v) is 9.51. The second-order valence-electron chi connectivity index (χ2n) is 3.67. The van der Waals surface area contributed by atoms with E-state index in [1.54, 1.807) is 11.0 Å². The maximum atomic E-state index is 4.31. The molecule has 2 aromatic rings. The summed E-state index contributed by atoms with van der Waals surface area (Å²) in [4.78, 5) is 8.45. The van der Waals surface area contributed by atoms with E-state index >= 15 is 0 Å². The number of hydrogen-bond acceptors (Lipinski definition) is 4. The van der Waals surface area contributed by atoms with E-state index in [9.17, 15) is 0 Å². The molecule has 0 bridgehead atoms. The Hall–Kier alpha value is -1.75. The summed E-state index contributed by atoms with van der Waals surface area (Å²) in [5.41, 5.74) is 2.28. The lowest BCUT2D eigenvalue weighted by Crippen LogP contribution is -2.17. The van der Waals surface area contributed by atoms with E-state index in [-0.39, 0.29) is 0 Å². The molecule has 0 unspecified atom stereocenters. The van der Waals surface area contributed by atoms with E-state index < -0.39 is 0 Å². The van der Waals surface area contributed by atoms with Gasteiger partial charge in [0.15, 0.2) is 0 Å². The minimum Gasteiger partial charge on any atom is -0.304 e. The molecule has 0 saturated heterocycles. The van der Waals surface area contributed by atoms with Crippen molar-refractivity contribution in [1.82, 2.24) is 25.1 Å². The third-order valence-corrected chi connectivity index (χ3v) is 2.50. The van der Waals surface area contributed by atoms with Crippen LogP contribution in [0.3, 0.4) is 0 Å². The number of nitrogens with one attached hydrogen (secondary N) is 1. The van der Waals surface area contributed by atoms with Crippen LogP contribution in [0.1, 0.15) is 17.1 Å². The van der Waals surface area contributed by atoms with Crippen LogP contribution in [0.4, 0.5) is 0 Å². The molecule has 2 aromatic heterocycles. The van der Waals surface area contributed by atoms with Crippen LogP contribution in [-0.4, -0.2) is 19.7 Å². The maximum absolute atomic E-state index is 4.31. The van der Waals surface area contributed by atoms with Gasteiger partial charge in [-0.25, -0.2) is 4.98 Å². The summed E-state index contributed by atoms with van der Waals surface area (Å²) in [6, 6.07) is 4.01. The van der Waals surface area contributed by atoms with Gasteiger partial charge in [0.1, 0.15) is 12.2 Å². The van der Waals surface area contributed by atoms with Gasteiger partial charge in [-0.15, -0.1) is 0 Å². The summed E-state index contributed by atoms with van der Waals surface area (Å²) in [6.45, 7) is 3.51. The standard InChI is InChI=1S/C11H15N5/c1-9-4-3-5-13-10(9)6-12-7-11-14-8-15-16(11)2/h3-5,8,12H,6-7H2,1-2H3. The molecule has 0 atom stereocenters. The van der Waals surface area contributed by atoms with Crippen LogP contribution in [0.25, 0.3) is 0 Å². The van der Waals surface area contributed by atoms with Crippen LogP contribution in [0.15, 0.2) is 24.7 Å². The molecule has 0 radical (unpaired) electrons. The normalized spacial score (nSPS) is 10.6. The molecule has 0 spiro atoms. The summed E-state index contributed by atoms with van der Waals surface area (Å²) in [5, 5.41) is 7.31. The third kappa shape index (κ3) is 2.43. The number of pyridine rings is 1. The van der Waals surface area contributed by atoms with Crippen molar-refractivity contribution < 1.29 is 0 Å². The minimum atomic E-state index is 0.701. The highest BCUT2D eigenvalue weighted by molar-refractivity contribution is 5.17. The van der Waals surface area contributed by atoms with Gasteiger partial charge in [0.25, 0.3) is 0 Å². The first-order chi connectivity index (χ1) is 7.77. The summed E-state index contributed by atoms with van der Waals surface area (Å²) < 4.78 is 1.76. The van der Waals surface area contributed by atoms with Crippen LogP contribution < -0.4 is 5.32 Å². The van der Waals surface area contributed by atoms with E-state index in [1.165, 1.54) is 5.56 Å². The first-order valence-electron chi connectivity index (χ1n) is 5.21. The van der Waals surface area contributed by atoms with Crippen LogP contribution in [0.2, 0.25) is 0 Å². The summed E-state index contributed by atoms with van der Waals surface area (Å²) >= 11 is 0. The van der Waals surface area contributed by atoms with Gasteiger partial charge >= 0.3 is 0 Å². The molecule has 0 saturated carbocycles. The molecule has 16 heavy (non-hydrogen) atoms. The Morgan fingerprint density at radius 2 is 2.19 bits per heavy atom. The molecule has 0 amide bonds. The first-order valence-corrected chi connectivity index (χ1v) is 5.21. The van der Waals surface area contributed by atoms with Gasteiger partial charge in [-0.05, 0) is 18.6 Å². The summed E-state index contributed by atoms with van der Waals surface area (Å²) in [5.74, 6) is 0.925. The largest absolute Gasteiger partial charge is 0.304 e. The lowest BCUT2D eigenvalue weighted by molar-refractivity contribution is 0.607. The molecular formula is C11H15N5. The minimum absolute atomic E-state index is 0.701. The van der Waals surface area contributed by atoms with Crippen molar-refractivity contribution in [2.75, 3.05) is 0 Å². The van der Waals surface area contributed by atoms with Crippen molar-refractivity contribution in [2.45, 2.75) is 20.0 Å². The van der Waals surface area contributed by atoms with Crippen LogP contribution >= 0.6 is 0 Å². The van der Waals surface area contributed by atoms with Crippen molar-refractivity contribution >= 4 is 0 Å². The van der Waals surface area contributed by atoms with E-state index in [2.05, 4.69) is 33.4 Å². The van der Waals surface area contributed by atoms with Gasteiger partial charge in [-0.3, -0.25) is 9.67 Å². The molecule has 0 aliphatic heterocycles. The van der Waals surface area contributed by atoms with Gasteiger partial charge in [0, 0.05) is 19.8 Å². The summed E-state index contributed by atoms with van der Waals surface area (Å²) in [7, 11) is 1.88. The fraction of sp³-hybridized carbons (Fsp3) is 0.364. The molecule has 0 aromatic carbocycles. The molecule has 0 aliphatic carbocycles. The van der Waals surface area contributed by atoms with E-state index in [0.717, 1.165) is 18.1 Å². The van der Waals surface area contributed by atoms with E-state index in [1.807, 2.05) is 19.3 Å². The molecule has 2 heterocycles. The van der Waals surface area contributed by atoms with Crippen LogP contribution in [0, 0.1) is 6.92 Å². The Morgan fingerprint density at radius 1 is 1.31 bits per heavy atom. The molecule has 0 fully saturated rings. The van der Waals surface area contributed by atoms with Crippen molar-refractivity contribution in [3.63, 3.8) is 0 Å². The smallest absolute Gasteiger partial charge is 0.140 e. The molecule has 2 rings (SSSR count). The highest BCUT2D eigenvalue weighted by Gasteiger charge is 2.01. The maximum Gasteiger partial charge on any atom is 0.140 e. The number of aryl methyl sites for hydroxylation is 2. The highest BCUT2D eigenvalue weighted by Crippen LogP contribution is 2.02. The molecule has 1 N–H and O–H groups in total. The monoisotopic (exact) mass is 217 g/mol. The van der Waals surface area contributed by atoms with Crippen LogP contribution in [-0.2, 0) is 20.1 Å². The Morgan fingerprint density at radius 3 is 2.88 bits per heavy atom. The molecule has 84 valence electrons. The van der Waals surface area contributed by atoms with Crippen LogP contribution in [0.5, 0.6) is 0 Å². The Balaban J connectivity index is 1.89. The van der Waals surface area contributed by atoms with Crippen molar-refractivity contribution in [3.05, 3.63) is 41.7 Å². The lowest BCUT2D eigenvalue weighted by Gasteiger charge is -2.05. The number of nitrogens with zero attached hydrogens (tertiary/aromatic N) is 4. The molecular weight excluding hydrogens is 202 g/mol. The predicted octanol–water partition coefficient (Wildman–Crippen LogP) is 0.808. The Kier molecular flexibility index (Phi) is 3.26. The van der Waals surface area contributed by atoms with Gasteiger partial charge in [-0.2, -0.15) is 5.10 Å². The average Bonchev–Trinajstić information content (AvgIpc) is 2.67.